The summed E-state index contributed by atoms with van der Waals surface area (Å²) in [5.41, 5.74) is 6.40. The molecule has 0 spiro atoms. The number of carbonyl (C=O) groups is 2. The number of primary amides is 1. The van der Waals surface area contributed by atoms with Crippen molar-refractivity contribution in [1.82, 2.24) is 10.2 Å². The number of anilines is 2. The number of aromatic amines is 1. The number of amides is 2. The summed E-state index contributed by atoms with van der Waals surface area (Å²) in [7, 11) is -4.04. The Morgan fingerprint density at radius 2 is 1.77 bits per heavy atom. The van der Waals surface area contributed by atoms with E-state index in [1.807, 2.05) is 0 Å². The molecule has 0 saturated heterocycles. The lowest BCUT2D eigenvalue weighted by Gasteiger charge is -2.12. The SMILES string of the molecule is Cc1ccc(S(=O)(=O)Nc2ccc(F)cc2)cc1C(=O)Nc1c(C(N)=O)n[nH]c1C. The fourth-order valence-electron chi connectivity index (χ4n) is 2.69. The molecule has 3 aromatic rings. The Bertz CT molecular complexity index is 1240. The highest BCUT2D eigenvalue weighted by Crippen LogP contribution is 2.22. The maximum Gasteiger partial charge on any atom is 0.271 e. The van der Waals surface area contributed by atoms with Crippen molar-refractivity contribution < 1.29 is 22.4 Å². The van der Waals surface area contributed by atoms with Crippen LogP contribution in [0.15, 0.2) is 47.4 Å². The average molecular weight is 431 g/mol. The molecule has 2 amide bonds. The topological polar surface area (TPSA) is 147 Å². The Hall–Kier alpha value is -3.73. The van der Waals surface area contributed by atoms with Gasteiger partial charge >= 0.3 is 0 Å². The van der Waals surface area contributed by atoms with E-state index in [-0.39, 0.29) is 27.5 Å². The summed E-state index contributed by atoms with van der Waals surface area (Å²) in [6.07, 6.45) is 0. The van der Waals surface area contributed by atoms with E-state index in [1.54, 1.807) is 13.8 Å². The van der Waals surface area contributed by atoms with E-state index in [4.69, 9.17) is 5.73 Å². The fourth-order valence-corrected chi connectivity index (χ4v) is 3.77. The van der Waals surface area contributed by atoms with E-state index in [9.17, 15) is 22.4 Å². The fraction of sp³-hybridized carbons (Fsp3) is 0.105. The van der Waals surface area contributed by atoms with Gasteiger partial charge in [0.2, 0.25) is 0 Å². The van der Waals surface area contributed by atoms with Crippen LogP contribution < -0.4 is 15.8 Å². The Kier molecular flexibility index (Phi) is 5.56. The molecule has 0 aliphatic carbocycles. The average Bonchev–Trinajstić information content (AvgIpc) is 3.04. The molecule has 3 rings (SSSR count). The zero-order chi connectivity index (χ0) is 22.1. The van der Waals surface area contributed by atoms with Crippen LogP contribution in [0.1, 0.15) is 32.1 Å². The van der Waals surface area contributed by atoms with Crippen molar-refractivity contribution >= 4 is 33.2 Å². The molecule has 5 N–H and O–H groups in total. The van der Waals surface area contributed by atoms with Gasteiger partial charge in [0.05, 0.1) is 16.3 Å². The number of aromatic nitrogens is 2. The number of hydrogen-bond acceptors (Lipinski definition) is 5. The van der Waals surface area contributed by atoms with Crippen LogP contribution in [-0.4, -0.2) is 30.4 Å². The van der Waals surface area contributed by atoms with Crippen LogP contribution in [0.4, 0.5) is 15.8 Å². The molecule has 0 atom stereocenters. The largest absolute Gasteiger partial charge is 0.364 e. The summed E-state index contributed by atoms with van der Waals surface area (Å²) in [6.45, 7) is 3.23. The van der Waals surface area contributed by atoms with Gasteiger partial charge in [-0.25, -0.2) is 12.8 Å². The van der Waals surface area contributed by atoms with Gasteiger partial charge in [-0.2, -0.15) is 5.10 Å². The standard InChI is InChI=1S/C19H18FN5O4S/c1-10-3-8-14(30(28,29)25-13-6-4-12(20)5-7-13)9-15(10)19(27)22-16-11(2)23-24-17(16)18(21)26/h3-9,25H,1-2H3,(H2,21,26)(H,22,27)(H,23,24). The number of nitrogens with zero attached hydrogens (tertiary/aromatic N) is 1. The van der Waals surface area contributed by atoms with Crippen LogP contribution >= 0.6 is 0 Å². The Morgan fingerprint density at radius 1 is 1.10 bits per heavy atom. The van der Waals surface area contributed by atoms with E-state index in [1.165, 1.54) is 30.3 Å². The van der Waals surface area contributed by atoms with E-state index in [2.05, 4.69) is 20.2 Å². The molecule has 1 aromatic heterocycles. The van der Waals surface area contributed by atoms with Gasteiger partial charge in [0.1, 0.15) is 5.82 Å². The summed E-state index contributed by atoms with van der Waals surface area (Å²) in [6, 6.07) is 8.82. The van der Waals surface area contributed by atoms with Crippen LogP contribution in [0, 0.1) is 19.7 Å². The molecule has 1 heterocycles. The number of sulfonamides is 1. The van der Waals surface area contributed by atoms with Gasteiger partial charge in [-0.1, -0.05) is 6.07 Å². The highest BCUT2D eigenvalue weighted by molar-refractivity contribution is 7.92. The molecule has 0 radical (unpaired) electrons. The third kappa shape index (κ3) is 4.30. The summed E-state index contributed by atoms with van der Waals surface area (Å²) < 4.78 is 40.7. The molecule has 0 unspecified atom stereocenters. The predicted molar refractivity (Wildman–Crippen MR) is 108 cm³/mol. The number of halogens is 1. The smallest absolute Gasteiger partial charge is 0.271 e. The van der Waals surface area contributed by atoms with Crippen LogP contribution in [-0.2, 0) is 10.0 Å². The van der Waals surface area contributed by atoms with Crippen molar-refractivity contribution in [3.05, 3.63) is 70.8 Å². The number of nitrogens with two attached hydrogens (primary N) is 1. The van der Waals surface area contributed by atoms with Crippen molar-refractivity contribution in [2.45, 2.75) is 18.7 Å². The molecule has 9 nitrogen and oxygen atoms in total. The number of rotatable bonds is 6. The zero-order valence-electron chi connectivity index (χ0n) is 16.0. The second kappa shape index (κ2) is 7.95. The lowest BCUT2D eigenvalue weighted by molar-refractivity contribution is 0.0996. The molecular formula is C19H18FN5O4S. The highest BCUT2D eigenvalue weighted by atomic mass is 32.2. The van der Waals surface area contributed by atoms with Gasteiger partial charge < -0.3 is 11.1 Å². The summed E-state index contributed by atoms with van der Waals surface area (Å²) in [5.74, 6) is -1.97. The number of benzene rings is 2. The van der Waals surface area contributed by atoms with Crippen LogP contribution in [0.25, 0.3) is 0 Å². The van der Waals surface area contributed by atoms with Gasteiger partial charge in [-0.15, -0.1) is 0 Å². The lowest BCUT2D eigenvalue weighted by atomic mass is 10.1. The van der Waals surface area contributed by atoms with E-state index < -0.39 is 27.7 Å². The molecule has 0 bridgehead atoms. The molecule has 0 aliphatic heterocycles. The van der Waals surface area contributed by atoms with E-state index in [0.29, 0.717) is 11.3 Å². The normalized spacial score (nSPS) is 11.2. The van der Waals surface area contributed by atoms with Crippen molar-refractivity contribution in [1.29, 1.82) is 0 Å². The molecule has 2 aromatic carbocycles. The van der Waals surface area contributed by atoms with Crippen molar-refractivity contribution in [3.8, 4) is 0 Å². The van der Waals surface area contributed by atoms with Gasteiger partial charge in [-0.05, 0) is 55.8 Å². The molecule has 0 fully saturated rings. The highest BCUT2D eigenvalue weighted by Gasteiger charge is 2.21. The molecule has 11 heteroatoms. The van der Waals surface area contributed by atoms with Crippen molar-refractivity contribution in [2.24, 2.45) is 5.73 Å². The Balaban J connectivity index is 1.91. The van der Waals surface area contributed by atoms with E-state index in [0.717, 1.165) is 12.1 Å². The molecular weight excluding hydrogens is 413 g/mol. The quantitative estimate of drug-likeness (QED) is 0.473. The summed E-state index contributed by atoms with van der Waals surface area (Å²) in [4.78, 5) is 24.1. The molecule has 156 valence electrons. The van der Waals surface area contributed by atoms with Gasteiger partial charge in [0.15, 0.2) is 5.69 Å². The third-order valence-corrected chi connectivity index (χ3v) is 5.66. The van der Waals surface area contributed by atoms with Gasteiger partial charge in [-0.3, -0.25) is 19.4 Å². The number of H-pyrrole nitrogens is 1. The predicted octanol–water partition coefficient (Wildman–Crippen LogP) is 2.32. The molecule has 0 aliphatic rings. The van der Waals surface area contributed by atoms with Gasteiger partial charge in [0.25, 0.3) is 21.8 Å². The number of carbonyl (C=O) groups excluding carboxylic acids is 2. The van der Waals surface area contributed by atoms with Crippen molar-refractivity contribution in [3.63, 3.8) is 0 Å². The minimum absolute atomic E-state index is 0.0769. The second-order valence-corrected chi connectivity index (χ2v) is 8.16. The zero-order valence-corrected chi connectivity index (χ0v) is 16.8. The first kappa shape index (κ1) is 21.0. The van der Waals surface area contributed by atoms with Gasteiger partial charge in [0, 0.05) is 11.3 Å². The minimum atomic E-state index is -4.04. The number of aryl methyl sites for hydroxylation is 2. The first-order valence-electron chi connectivity index (χ1n) is 8.63. The van der Waals surface area contributed by atoms with Crippen molar-refractivity contribution in [2.75, 3.05) is 10.0 Å². The maximum atomic E-state index is 13.0. The first-order chi connectivity index (χ1) is 14.1. The second-order valence-electron chi connectivity index (χ2n) is 6.48. The Morgan fingerprint density at radius 3 is 2.40 bits per heavy atom. The first-order valence-corrected chi connectivity index (χ1v) is 10.1. The number of nitrogens with one attached hydrogen (secondary N) is 3. The van der Waals surface area contributed by atoms with Crippen LogP contribution in [0.5, 0.6) is 0 Å². The monoisotopic (exact) mass is 431 g/mol. The number of hydrogen-bond donors (Lipinski definition) is 4. The van der Waals surface area contributed by atoms with Crippen LogP contribution in [0.3, 0.4) is 0 Å². The summed E-state index contributed by atoms with van der Waals surface area (Å²) >= 11 is 0. The Labute approximate surface area is 171 Å². The van der Waals surface area contributed by atoms with Crippen LogP contribution in [0.2, 0.25) is 0 Å². The lowest BCUT2D eigenvalue weighted by Crippen LogP contribution is -2.20. The molecule has 0 saturated carbocycles. The van der Waals surface area contributed by atoms with E-state index >= 15 is 0 Å². The maximum absolute atomic E-state index is 13.0. The summed E-state index contributed by atoms with van der Waals surface area (Å²) in [5, 5.41) is 8.85. The third-order valence-electron chi connectivity index (χ3n) is 4.28. The minimum Gasteiger partial charge on any atom is -0.364 e. The molecule has 30 heavy (non-hydrogen) atoms.